The Kier molecular flexibility index (Phi) is 4.92. The van der Waals surface area contributed by atoms with Crippen LogP contribution in [-0.4, -0.2) is 28.8 Å². The van der Waals surface area contributed by atoms with Crippen molar-refractivity contribution >= 4 is 11.6 Å². The molecule has 4 rings (SSSR count). The van der Waals surface area contributed by atoms with Crippen molar-refractivity contribution in [2.24, 2.45) is 0 Å². The molecule has 0 saturated heterocycles. The van der Waals surface area contributed by atoms with Gasteiger partial charge in [-0.05, 0) is 62.2 Å². The Labute approximate surface area is 169 Å². The van der Waals surface area contributed by atoms with E-state index >= 15 is 0 Å². The zero-order valence-corrected chi connectivity index (χ0v) is 16.7. The summed E-state index contributed by atoms with van der Waals surface area (Å²) in [5.41, 5.74) is 3.23. The molecule has 6 nitrogen and oxygen atoms in total. The van der Waals surface area contributed by atoms with E-state index in [1.807, 2.05) is 55.5 Å². The van der Waals surface area contributed by atoms with Gasteiger partial charge in [0.2, 0.25) is 0 Å². The van der Waals surface area contributed by atoms with Crippen molar-refractivity contribution in [2.45, 2.75) is 32.4 Å². The predicted octanol–water partition coefficient (Wildman–Crippen LogP) is 3.46. The third kappa shape index (κ3) is 3.42. The summed E-state index contributed by atoms with van der Waals surface area (Å²) < 4.78 is 6.46. The summed E-state index contributed by atoms with van der Waals surface area (Å²) in [4.78, 5) is 27.6. The fourth-order valence-electron chi connectivity index (χ4n) is 3.83. The van der Waals surface area contributed by atoms with Crippen LogP contribution in [0.5, 0.6) is 5.75 Å². The van der Waals surface area contributed by atoms with E-state index in [-0.39, 0.29) is 17.5 Å². The molecule has 1 aliphatic heterocycles. The third-order valence-electron chi connectivity index (χ3n) is 5.38. The minimum absolute atomic E-state index is 0.0443. The number of para-hydroxylation sites is 1. The highest BCUT2D eigenvalue weighted by molar-refractivity contribution is 5.98. The second-order valence-corrected chi connectivity index (χ2v) is 7.30. The van der Waals surface area contributed by atoms with E-state index < -0.39 is 6.04 Å². The number of benzene rings is 2. The highest BCUT2D eigenvalue weighted by Crippen LogP contribution is 2.33. The maximum atomic E-state index is 13.3. The highest BCUT2D eigenvalue weighted by atomic mass is 16.5. The van der Waals surface area contributed by atoms with Gasteiger partial charge in [-0.2, -0.15) is 5.10 Å². The van der Waals surface area contributed by atoms with Crippen molar-refractivity contribution in [3.8, 4) is 17.0 Å². The molecule has 0 aliphatic carbocycles. The van der Waals surface area contributed by atoms with Gasteiger partial charge in [0.05, 0.1) is 12.8 Å². The lowest BCUT2D eigenvalue weighted by molar-refractivity contribution is -0.121. The number of ether oxygens (including phenoxy) is 1. The first-order chi connectivity index (χ1) is 14.0. The van der Waals surface area contributed by atoms with Crippen LogP contribution in [0.4, 0.5) is 5.69 Å². The van der Waals surface area contributed by atoms with E-state index in [2.05, 4.69) is 5.10 Å². The van der Waals surface area contributed by atoms with Crippen molar-refractivity contribution in [3.63, 3.8) is 0 Å². The van der Waals surface area contributed by atoms with Crippen LogP contribution in [0.25, 0.3) is 11.3 Å². The van der Waals surface area contributed by atoms with Gasteiger partial charge in [-0.25, -0.2) is 4.68 Å². The van der Waals surface area contributed by atoms with Crippen LogP contribution in [0, 0.1) is 0 Å². The smallest absolute Gasteiger partial charge is 0.267 e. The lowest BCUT2D eigenvalue weighted by Crippen LogP contribution is -2.42. The Hall–Kier alpha value is -3.41. The van der Waals surface area contributed by atoms with Gasteiger partial charge in [0.1, 0.15) is 11.8 Å². The van der Waals surface area contributed by atoms with Crippen molar-refractivity contribution in [2.75, 3.05) is 12.0 Å². The number of anilines is 1. The molecule has 0 spiro atoms. The van der Waals surface area contributed by atoms with Crippen LogP contribution in [0.2, 0.25) is 0 Å². The number of methoxy groups -OCH3 is 1. The second kappa shape index (κ2) is 7.54. The van der Waals surface area contributed by atoms with Crippen LogP contribution in [0.15, 0.2) is 65.5 Å². The molecule has 0 saturated carbocycles. The van der Waals surface area contributed by atoms with E-state index in [1.165, 1.54) is 10.7 Å². The number of hydrogen-bond donors (Lipinski definition) is 0. The highest BCUT2D eigenvalue weighted by Gasteiger charge is 2.34. The molecule has 0 radical (unpaired) electrons. The fourth-order valence-corrected chi connectivity index (χ4v) is 3.83. The fraction of sp³-hybridized carbons (Fsp3) is 0.261. The number of aromatic nitrogens is 2. The minimum Gasteiger partial charge on any atom is -0.497 e. The molecule has 148 valence electrons. The Morgan fingerprint density at radius 2 is 1.83 bits per heavy atom. The average molecular weight is 389 g/mol. The molecule has 29 heavy (non-hydrogen) atoms. The number of hydrogen-bond acceptors (Lipinski definition) is 4. The van der Waals surface area contributed by atoms with Crippen LogP contribution >= 0.6 is 0 Å². The molecule has 2 atom stereocenters. The van der Waals surface area contributed by atoms with Crippen molar-refractivity contribution in [1.29, 1.82) is 0 Å². The second-order valence-electron chi connectivity index (χ2n) is 7.30. The topological polar surface area (TPSA) is 64.4 Å². The summed E-state index contributed by atoms with van der Waals surface area (Å²) in [6, 6.07) is 17.8. The minimum atomic E-state index is -0.714. The Morgan fingerprint density at radius 3 is 2.55 bits per heavy atom. The first kappa shape index (κ1) is 18.9. The summed E-state index contributed by atoms with van der Waals surface area (Å²) in [6.07, 6.45) is 0.808. The van der Waals surface area contributed by atoms with Crippen molar-refractivity contribution in [3.05, 3.63) is 76.6 Å². The predicted molar refractivity (Wildman–Crippen MR) is 112 cm³/mol. The number of amides is 1. The monoisotopic (exact) mass is 389 g/mol. The molecule has 1 amide bonds. The van der Waals surface area contributed by atoms with Crippen molar-refractivity contribution < 1.29 is 9.53 Å². The Morgan fingerprint density at radius 1 is 1.10 bits per heavy atom. The van der Waals surface area contributed by atoms with Crippen LogP contribution in [0.3, 0.4) is 0 Å². The molecular weight excluding hydrogens is 366 g/mol. The van der Waals surface area contributed by atoms with E-state index in [0.717, 1.165) is 29.0 Å². The van der Waals surface area contributed by atoms with Crippen molar-refractivity contribution in [1.82, 2.24) is 9.78 Å². The SMILES string of the molecule is COc1ccc(-c2ccc(=O)n(C(C)C(=O)N3c4ccccc4CC3C)n2)cc1. The summed E-state index contributed by atoms with van der Waals surface area (Å²) in [5.74, 6) is 0.608. The van der Waals surface area contributed by atoms with Gasteiger partial charge >= 0.3 is 0 Å². The maximum absolute atomic E-state index is 13.3. The van der Waals surface area contributed by atoms with Gasteiger partial charge in [0, 0.05) is 23.4 Å². The lowest BCUT2D eigenvalue weighted by Gasteiger charge is -2.26. The third-order valence-corrected chi connectivity index (χ3v) is 5.38. The van der Waals surface area contributed by atoms with E-state index in [1.54, 1.807) is 25.0 Å². The molecule has 0 N–H and O–H groups in total. The van der Waals surface area contributed by atoms with E-state index in [0.29, 0.717) is 5.69 Å². The Balaban J connectivity index is 1.67. The molecule has 2 unspecified atom stereocenters. The van der Waals surface area contributed by atoms with Crippen LogP contribution < -0.4 is 15.2 Å². The zero-order chi connectivity index (χ0) is 20.5. The van der Waals surface area contributed by atoms with E-state index in [4.69, 9.17) is 4.74 Å². The number of carbonyl (C=O) groups excluding carboxylic acids is 1. The maximum Gasteiger partial charge on any atom is 0.267 e. The van der Waals surface area contributed by atoms with Crippen LogP contribution in [-0.2, 0) is 11.2 Å². The first-order valence-electron chi connectivity index (χ1n) is 9.65. The Bertz CT molecular complexity index is 1100. The van der Waals surface area contributed by atoms with Gasteiger partial charge in [-0.15, -0.1) is 0 Å². The molecule has 1 aliphatic rings. The summed E-state index contributed by atoms with van der Waals surface area (Å²) in [6.45, 7) is 3.75. The zero-order valence-electron chi connectivity index (χ0n) is 16.7. The van der Waals surface area contributed by atoms with Crippen LogP contribution in [0.1, 0.15) is 25.5 Å². The molecule has 0 bridgehead atoms. The first-order valence-corrected chi connectivity index (χ1v) is 9.65. The number of nitrogens with zero attached hydrogens (tertiary/aromatic N) is 3. The number of fused-ring (bicyclic) bond motifs is 1. The standard InChI is InChI=1S/C23H23N3O3/c1-15-14-18-6-4-5-7-21(18)25(15)23(28)16(2)26-22(27)13-12-20(24-26)17-8-10-19(29-3)11-9-17/h4-13,15-16H,14H2,1-3H3. The molecular formula is C23H23N3O3. The summed E-state index contributed by atoms with van der Waals surface area (Å²) in [7, 11) is 1.61. The molecule has 0 fully saturated rings. The molecule has 1 aromatic heterocycles. The van der Waals surface area contributed by atoms with Gasteiger partial charge < -0.3 is 9.64 Å². The number of rotatable bonds is 4. The molecule has 2 heterocycles. The molecule has 3 aromatic rings. The quantitative estimate of drug-likeness (QED) is 0.686. The average Bonchev–Trinajstić information content (AvgIpc) is 3.09. The van der Waals surface area contributed by atoms with Gasteiger partial charge in [-0.1, -0.05) is 18.2 Å². The summed E-state index contributed by atoms with van der Waals surface area (Å²) >= 11 is 0. The van der Waals surface area contributed by atoms with Gasteiger partial charge in [0.25, 0.3) is 11.5 Å². The molecule has 2 aromatic carbocycles. The van der Waals surface area contributed by atoms with Gasteiger partial charge in [-0.3, -0.25) is 9.59 Å². The lowest BCUT2D eigenvalue weighted by atomic mass is 10.1. The van der Waals surface area contributed by atoms with E-state index in [9.17, 15) is 9.59 Å². The number of carbonyl (C=O) groups is 1. The normalized spacial score (nSPS) is 16.4. The molecule has 6 heteroatoms. The largest absolute Gasteiger partial charge is 0.497 e. The summed E-state index contributed by atoms with van der Waals surface area (Å²) in [5, 5.41) is 4.49. The van der Waals surface area contributed by atoms with Gasteiger partial charge in [0.15, 0.2) is 0 Å².